The van der Waals surface area contributed by atoms with Crippen LogP contribution >= 0.6 is 0 Å². The van der Waals surface area contributed by atoms with Gasteiger partial charge in [-0.05, 0) is 12.0 Å². The Balaban J connectivity index is 1.81. The minimum absolute atomic E-state index is 0.189. The summed E-state index contributed by atoms with van der Waals surface area (Å²) in [6.07, 6.45) is 1.94. The Morgan fingerprint density at radius 1 is 1.15 bits per heavy atom. The van der Waals surface area contributed by atoms with Gasteiger partial charge >= 0.3 is 0 Å². The number of rotatable bonds is 1. The lowest BCUT2D eigenvalue weighted by Crippen LogP contribution is -2.44. The molecule has 2 aliphatic heterocycles. The van der Waals surface area contributed by atoms with E-state index < -0.39 is 0 Å². The van der Waals surface area contributed by atoms with Crippen LogP contribution in [0.15, 0.2) is 30.3 Å². The molecule has 0 aliphatic carbocycles. The topological polar surface area (TPSA) is 18.5 Å². The van der Waals surface area contributed by atoms with Crippen LogP contribution in [0.2, 0.25) is 0 Å². The van der Waals surface area contributed by atoms with E-state index >= 15 is 0 Å². The maximum absolute atomic E-state index is 5.72. The van der Waals surface area contributed by atoms with E-state index in [4.69, 9.17) is 9.47 Å². The van der Waals surface area contributed by atoms with Gasteiger partial charge in [0.1, 0.15) is 12.2 Å². The molecule has 0 amide bonds. The van der Waals surface area contributed by atoms with Gasteiger partial charge < -0.3 is 9.47 Å². The summed E-state index contributed by atoms with van der Waals surface area (Å²) < 4.78 is 11.3. The predicted octanol–water partition coefficient (Wildman–Crippen LogP) is 1.92. The van der Waals surface area contributed by atoms with E-state index in [0.29, 0.717) is 12.2 Å². The zero-order chi connectivity index (χ0) is 8.67. The molecule has 3 rings (SSSR count). The summed E-state index contributed by atoms with van der Waals surface area (Å²) in [5.74, 6) is 0. The summed E-state index contributed by atoms with van der Waals surface area (Å²) in [5, 5.41) is 0. The maximum atomic E-state index is 5.72. The van der Waals surface area contributed by atoms with Crippen molar-refractivity contribution in [1.82, 2.24) is 0 Å². The summed E-state index contributed by atoms with van der Waals surface area (Å²) in [6.45, 7) is 0.860. The van der Waals surface area contributed by atoms with E-state index in [0.717, 1.165) is 13.0 Å². The molecule has 2 heteroatoms. The van der Waals surface area contributed by atoms with Crippen LogP contribution in [0, 0.1) is 0 Å². The highest BCUT2D eigenvalue weighted by molar-refractivity contribution is 5.22. The lowest BCUT2D eigenvalue weighted by molar-refractivity contribution is -0.202. The van der Waals surface area contributed by atoms with Crippen molar-refractivity contribution in [3.8, 4) is 0 Å². The smallest absolute Gasteiger partial charge is 0.114 e. The Hall–Kier alpha value is -0.860. The SMILES string of the molecule is c1ccc([C@H]2O[C@@H]3CCO[C@H]23)cc1. The van der Waals surface area contributed by atoms with Crippen molar-refractivity contribution in [1.29, 1.82) is 0 Å². The summed E-state index contributed by atoms with van der Waals surface area (Å²) >= 11 is 0. The van der Waals surface area contributed by atoms with Crippen LogP contribution in [0.4, 0.5) is 0 Å². The first-order chi connectivity index (χ1) is 6.45. The molecule has 0 bridgehead atoms. The first-order valence-electron chi connectivity index (χ1n) is 4.77. The Bertz CT molecular complexity index is 296. The number of fused-ring (bicyclic) bond motifs is 1. The molecule has 2 fully saturated rings. The lowest BCUT2D eigenvalue weighted by Gasteiger charge is -2.39. The molecule has 3 atom stereocenters. The van der Waals surface area contributed by atoms with Crippen LogP contribution in [0.25, 0.3) is 0 Å². The van der Waals surface area contributed by atoms with Crippen LogP contribution in [-0.2, 0) is 9.47 Å². The van der Waals surface area contributed by atoms with Crippen molar-refractivity contribution in [2.24, 2.45) is 0 Å². The predicted molar refractivity (Wildman–Crippen MR) is 48.4 cm³/mol. The van der Waals surface area contributed by atoms with Crippen molar-refractivity contribution in [2.75, 3.05) is 6.61 Å². The van der Waals surface area contributed by atoms with Gasteiger partial charge in [-0.25, -0.2) is 0 Å². The van der Waals surface area contributed by atoms with Crippen molar-refractivity contribution in [3.63, 3.8) is 0 Å². The number of ether oxygens (including phenoxy) is 2. The highest BCUT2D eigenvalue weighted by atomic mass is 16.6. The first-order valence-corrected chi connectivity index (χ1v) is 4.77. The summed E-state index contributed by atoms with van der Waals surface area (Å²) in [7, 11) is 0. The van der Waals surface area contributed by atoms with E-state index in [1.807, 2.05) is 18.2 Å². The minimum Gasteiger partial charge on any atom is -0.372 e. The molecule has 0 aromatic heterocycles. The van der Waals surface area contributed by atoms with Crippen LogP contribution in [-0.4, -0.2) is 18.8 Å². The average Bonchev–Trinajstić information content (AvgIpc) is 2.50. The molecule has 0 saturated carbocycles. The van der Waals surface area contributed by atoms with Crippen LogP contribution in [0.1, 0.15) is 18.1 Å². The second-order valence-electron chi connectivity index (χ2n) is 3.63. The molecular weight excluding hydrogens is 164 g/mol. The summed E-state index contributed by atoms with van der Waals surface area (Å²) in [6, 6.07) is 10.3. The molecule has 0 radical (unpaired) electrons. The monoisotopic (exact) mass is 176 g/mol. The Labute approximate surface area is 77.5 Å². The van der Waals surface area contributed by atoms with Crippen molar-refractivity contribution in [2.45, 2.75) is 24.7 Å². The molecule has 1 aromatic rings. The molecule has 0 N–H and O–H groups in total. The third-order valence-electron chi connectivity index (χ3n) is 2.83. The van der Waals surface area contributed by atoms with Gasteiger partial charge in [-0.1, -0.05) is 30.3 Å². The standard InChI is InChI=1S/C11H12O2/c1-2-4-8(5-3-1)10-11-9(13-10)6-7-12-11/h1-5,9-11H,6-7H2/t9-,10-,11+/m1/s1. The zero-order valence-corrected chi connectivity index (χ0v) is 7.35. The van der Waals surface area contributed by atoms with Gasteiger partial charge in [0.2, 0.25) is 0 Å². The van der Waals surface area contributed by atoms with Gasteiger partial charge in [0.25, 0.3) is 0 Å². The number of hydrogen-bond donors (Lipinski definition) is 0. The molecule has 2 heterocycles. The van der Waals surface area contributed by atoms with Crippen LogP contribution in [0.3, 0.4) is 0 Å². The van der Waals surface area contributed by atoms with E-state index in [1.54, 1.807) is 0 Å². The van der Waals surface area contributed by atoms with Gasteiger partial charge in [-0.3, -0.25) is 0 Å². The summed E-state index contributed by atoms with van der Waals surface area (Å²) in [4.78, 5) is 0. The Kier molecular flexibility index (Phi) is 1.64. The third-order valence-corrected chi connectivity index (χ3v) is 2.83. The second kappa shape index (κ2) is 2.82. The molecule has 2 saturated heterocycles. The molecule has 2 nitrogen and oxygen atoms in total. The fraction of sp³-hybridized carbons (Fsp3) is 0.455. The van der Waals surface area contributed by atoms with Crippen LogP contribution < -0.4 is 0 Å². The fourth-order valence-corrected chi connectivity index (χ4v) is 2.11. The molecule has 13 heavy (non-hydrogen) atoms. The Morgan fingerprint density at radius 3 is 2.77 bits per heavy atom. The molecular formula is C11H12O2. The van der Waals surface area contributed by atoms with Gasteiger partial charge in [-0.15, -0.1) is 0 Å². The maximum Gasteiger partial charge on any atom is 0.114 e. The van der Waals surface area contributed by atoms with Gasteiger partial charge in [0.15, 0.2) is 0 Å². The summed E-state index contributed by atoms with van der Waals surface area (Å²) in [5.41, 5.74) is 1.24. The second-order valence-corrected chi connectivity index (χ2v) is 3.63. The van der Waals surface area contributed by atoms with E-state index in [9.17, 15) is 0 Å². The molecule has 0 spiro atoms. The quantitative estimate of drug-likeness (QED) is 0.650. The van der Waals surface area contributed by atoms with E-state index in [-0.39, 0.29) is 6.10 Å². The van der Waals surface area contributed by atoms with Gasteiger partial charge in [0.05, 0.1) is 6.10 Å². The van der Waals surface area contributed by atoms with E-state index in [1.165, 1.54) is 5.56 Å². The lowest BCUT2D eigenvalue weighted by atomic mass is 9.94. The normalized spacial score (nSPS) is 36.8. The largest absolute Gasteiger partial charge is 0.372 e. The highest BCUT2D eigenvalue weighted by Crippen LogP contribution is 2.42. The van der Waals surface area contributed by atoms with Crippen molar-refractivity contribution in [3.05, 3.63) is 35.9 Å². The first kappa shape index (κ1) is 7.54. The van der Waals surface area contributed by atoms with Crippen LogP contribution in [0.5, 0.6) is 0 Å². The zero-order valence-electron chi connectivity index (χ0n) is 7.35. The van der Waals surface area contributed by atoms with Crippen molar-refractivity contribution >= 4 is 0 Å². The van der Waals surface area contributed by atoms with Gasteiger partial charge in [-0.2, -0.15) is 0 Å². The highest BCUT2D eigenvalue weighted by Gasteiger charge is 2.47. The number of hydrogen-bond acceptors (Lipinski definition) is 2. The van der Waals surface area contributed by atoms with Crippen molar-refractivity contribution < 1.29 is 9.47 Å². The molecule has 68 valence electrons. The molecule has 1 aromatic carbocycles. The fourth-order valence-electron chi connectivity index (χ4n) is 2.11. The minimum atomic E-state index is 0.189. The Morgan fingerprint density at radius 2 is 2.00 bits per heavy atom. The van der Waals surface area contributed by atoms with Gasteiger partial charge in [0, 0.05) is 6.61 Å². The molecule has 0 unspecified atom stereocenters. The van der Waals surface area contributed by atoms with E-state index in [2.05, 4.69) is 12.1 Å². The molecule has 2 aliphatic rings. The average molecular weight is 176 g/mol. The third kappa shape index (κ3) is 1.10. The number of benzene rings is 1.